The molecular formula is C21H23N3O4S. The summed E-state index contributed by atoms with van der Waals surface area (Å²) in [5, 5.41) is 10.0. The summed E-state index contributed by atoms with van der Waals surface area (Å²) in [5.74, 6) is -0.322. The van der Waals surface area contributed by atoms with E-state index in [9.17, 15) is 19.5 Å². The molecule has 29 heavy (non-hydrogen) atoms. The van der Waals surface area contributed by atoms with Crippen LogP contribution < -0.4 is 4.90 Å². The molecule has 1 aromatic heterocycles. The summed E-state index contributed by atoms with van der Waals surface area (Å²) in [6.07, 6.45) is 0.931. The number of benzene rings is 1. The van der Waals surface area contributed by atoms with Gasteiger partial charge < -0.3 is 14.9 Å². The first-order chi connectivity index (χ1) is 14.0. The van der Waals surface area contributed by atoms with Crippen molar-refractivity contribution in [1.82, 2.24) is 9.80 Å². The lowest BCUT2D eigenvalue weighted by Crippen LogP contribution is -2.39. The predicted molar refractivity (Wildman–Crippen MR) is 110 cm³/mol. The third kappa shape index (κ3) is 3.65. The van der Waals surface area contributed by atoms with E-state index in [0.29, 0.717) is 36.5 Å². The molecule has 1 aromatic carbocycles. The third-order valence-corrected chi connectivity index (χ3v) is 6.63. The molecular weight excluding hydrogens is 390 g/mol. The number of anilines is 1. The predicted octanol–water partition coefficient (Wildman–Crippen LogP) is 1.29. The second kappa shape index (κ2) is 7.96. The van der Waals surface area contributed by atoms with Crippen molar-refractivity contribution < 1.29 is 19.5 Å². The molecule has 3 heterocycles. The molecule has 2 aromatic rings. The van der Waals surface area contributed by atoms with Gasteiger partial charge in [0.1, 0.15) is 11.5 Å². The molecule has 2 aliphatic heterocycles. The zero-order chi connectivity index (χ0) is 20.5. The minimum Gasteiger partial charge on any atom is -0.395 e. The van der Waals surface area contributed by atoms with Gasteiger partial charge in [-0.05, 0) is 17.5 Å². The van der Waals surface area contributed by atoms with Crippen LogP contribution in [0.4, 0.5) is 5.00 Å². The maximum Gasteiger partial charge on any atom is 0.257 e. The average Bonchev–Trinajstić information content (AvgIpc) is 3.06. The third-order valence-electron chi connectivity index (χ3n) is 5.39. The minimum atomic E-state index is -0.204. The number of β-amino-alcohol motifs (C(OH)–C–C–N with tert-alkyl or cyclic N) is 1. The molecule has 0 aliphatic carbocycles. The molecule has 0 fully saturated rings. The Morgan fingerprint density at radius 1 is 1.17 bits per heavy atom. The van der Waals surface area contributed by atoms with Gasteiger partial charge in [0.15, 0.2) is 0 Å². The highest BCUT2D eigenvalue weighted by molar-refractivity contribution is 7.17. The first-order valence-electron chi connectivity index (χ1n) is 9.62. The van der Waals surface area contributed by atoms with Crippen molar-refractivity contribution in [1.29, 1.82) is 0 Å². The quantitative estimate of drug-likeness (QED) is 0.819. The Morgan fingerprint density at radius 3 is 2.66 bits per heavy atom. The van der Waals surface area contributed by atoms with Gasteiger partial charge >= 0.3 is 0 Å². The van der Waals surface area contributed by atoms with Gasteiger partial charge in [-0.15, -0.1) is 11.3 Å². The molecule has 0 atom stereocenters. The van der Waals surface area contributed by atoms with Gasteiger partial charge in [0.25, 0.3) is 5.91 Å². The van der Waals surface area contributed by atoms with E-state index in [1.165, 1.54) is 21.1 Å². The summed E-state index contributed by atoms with van der Waals surface area (Å²) < 4.78 is 0. The Kier molecular flexibility index (Phi) is 5.38. The van der Waals surface area contributed by atoms with E-state index in [-0.39, 0.29) is 37.4 Å². The second-order valence-corrected chi connectivity index (χ2v) is 8.43. The Bertz CT molecular complexity index is 956. The molecule has 0 saturated carbocycles. The lowest BCUT2D eigenvalue weighted by atomic mass is 10.0. The second-order valence-electron chi connectivity index (χ2n) is 7.34. The van der Waals surface area contributed by atoms with Crippen LogP contribution in [0.5, 0.6) is 0 Å². The van der Waals surface area contributed by atoms with Crippen molar-refractivity contribution in [3.8, 4) is 0 Å². The van der Waals surface area contributed by atoms with Crippen molar-refractivity contribution in [2.75, 3.05) is 38.2 Å². The molecule has 0 saturated heterocycles. The number of thiophene rings is 1. The molecule has 0 radical (unpaired) electrons. The van der Waals surface area contributed by atoms with Crippen molar-refractivity contribution in [2.45, 2.75) is 19.4 Å². The van der Waals surface area contributed by atoms with Crippen molar-refractivity contribution >= 4 is 34.1 Å². The standard InChI is InChI=1S/C21H23N3O4S/c1-22-13-18(27)24(9-10-25)21-19(20(22)28)15-7-8-23(12-16(15)29-21)17(26)11-14-5-3-2-4-6-14/h2-6,25H,7-13H2,1H3. The lowest BCUT2D eigenvalue weighted by Gasteiger charge is -2.27. The SMILES string of the molecule is CN1CC(=O)N(CCO)c2sc3c(c2C1=O)CCN(C(=O)Cc1ccccc1)C3. The van der Waals surface area contributed by atoms with Crippen molar-refractivity contribution in [3.63, 3.8) is 0 Å². The zero-order valence-electron chi connectivity index (χ0n) is 16.3. The topological polar surface area (TPSA) is 81.2 Å². The van der Waals surface area contributed by atoms with E-state index < -0.39 is 0 Å². The molecule has 152 valence electrons. The molecule has 0 spiro atoms. The van der Waals surface area contributed by atoms with Gasteiger partial charge in [-0.25, -0.2) is 0 Å². The van der Waals surface area contributed by atoms with Crippen LogP contribution in [0.1, 0.15) is 26.4 Å². The van der Waals surface area contributed by atoms with E-state index in [2.05, 4.69) is 0 Å². The van der Waals surface area contributed by atoms with E-state index >= 15 is 0 Å². The van der Waals surface area contributed by atoms with Crippen LogP contribution in [0.3, 0.4) is 0 Å². The van der Waals surface area contributed by atoms with Crippen LogP contribution in [-0.2, 0) is 29.0 Å². The number of hydrogen-bond donors (Lipinski definition) is 1. The number of aliphatic hydroxyl groups is 1. The number of likely N-dealkylation sites (N-methyl/N-ethyl adjacent to an activating group) is 1. The highest BCUT2D eigenvalue weighted by Gasteiger charge is 2.37. The lowest BCUT2D eigenvalue weighted by molar-refractivity contribution is -0.131. The van der Waals surface area contributed by atoms with E-state index in [1.807, 2.05) is 35.2 Å². The van der Waals surface area contributed by atoms with Crippen LogP contribution >= 0.6 is 11.3 Å². The van der Waals surface area contributed by atoms with Gasteiger partial charge in [0.05, 0.1) is 25.1 Å². The molecule has 2 aliphatic rings. The fraction of sp³-hybridized carbons (Fsp3) is 0.381. The normalized spacial score (nSPS) is 16.6. The number of carbonyl (C=O) groups is 3. The monoisotopic (exact) mass is 413 g/mol. The first kappa shape index (κ1) is 19.6. The van der Waals surface area contributed by atoms with Crippen LogP contribution in [0.15, 0.2) is 30.3 Å². The number of carbonyl (C=O) groups excluding carboxylic acids is 3. The summed E-state index contributed by atoms with van der Waals surface area (Å²) in [5.41, 5.74) is 2.46. The van der Waals surface area contributed by atoms with Crippen molar-refractivity contribution in [3.05, 3.63) is 51.9 Å². The van der Waals surface area contributed by atoms with Crippen LogP contribution in [0, 0.1) is 0 Å². The average molecular weight is 413 g/mol. The Hall–Kier alpha value is -2.71. The number of aliphatic hydroxyl groups excluding tert-OH is 1. The van der Waals surface area contributed by atoms with Gasteiger partial charge in [0, 0.05) is 25.0 Å². The molecule has 0 bridgehead atoms. The zero-order valence-corrected chi connectivity index (χ0v) is 17.1. The van der Waals surface area contributed by atoms with Gasteiger partial charge in [-0.2, -0.15) is 0 Å². The smallest absolute Gasteiger partial charge is 0.257 e. The number of nitrogens with zero attached hydrogens (tertiary/aromatic N) is 3. The number of fused-ring (bicyclic) bond motifs is 3. The summed E-state index contributed by atoms with van der Waals surface area (Å²) >= 11 is 1.39. The van der Waals surface area contributed by atoms with Gasteiger partial charge in [-0.3, -0.25) is 19.3 Å². The fourth-order valence-corrected chi connectivity index (χ4v) is 5.28. The molecule has 7 nitrogen and oxygen atoms in total. The van der Waals surface area contributed by atoms with Gasteiger partial charge in [0.2, 0.25) is 11.8 Å². The largest absolute Gasteiger partial charge is 0.395 e. The first-order valence-corrected chi connectivity index (χ1v) is 10.4. The Morgan fingerprint density at radius 2 is 1.93 bits per heavy atom. The fourth-order valence-electron chi connectivity index (χ4n) is 3.89. The van der Waals surface area contributed by atoms with E-state index in [0.717, 1.165) is 16.0 Å². The number of hydrogen-bond acceptors (Lipinski definition) is 5. The summed E-state index contributed by atoms with van der Waals surface area (Å²) in [6, 6.07) is 9.64. The van der Waals surface area contributed by atoms with Crippen LogP contribution in [0.2, 0.25) is 0 Å². The number of rotatable bonds is 4. The summed E-state index contributed by atoms with van der Waals surface area (Å²) in [4.78, 5) is 44.0. The Labute approximate surface area is 173 Å². The Balaban J connectivity index is 1.62. The van der Waals surface area contributed by atoms with Crippen LogP contribution in [-0.4, -0.2) is 65.9 Å². The van der Waals surface area contributed by atoms with E-state index in [4.69, 9.17) is 0 Å². The van der Waals surface area contributed by atoms with Gasteiger partial charge in [-0.1, -0.05) is 30.3 Å². The molecule has 4 rings (SSSR count). The number of amides is 3. The highest BCUT2D eigenvalue weighted by atomic mass is 32.1. The minimum absolute atomic E-state index is 0.00328. The summed E-state index contributed by atoms with van der Waals surface area (Å²) in [6.45, 7) is 0.969. The van der Waals surface area contributed by atoms with Crippen molar-refractivity contribution in [2.24, 2.45) is 0 Å². The molecule has 8 heteroatoms. The maximum absolute atomic E-state index is 12.9. The summed E-state index contributed by atoms with van der Waals surface area (Å²) in [7, 11) is 1.62. The maximum atomic E-state index is 12.9. The molecule has 0 unspecified atom stereocenters. The van der Waals surface area contributed by atoms with E-state index in [1.54, 1.807) is 7.05 Å². The highest BCUT2D eigenvalue weighted by Crippen LogP contribution is 2.41. The molecule has 3 amide bonds. The van der Waals surface area contributed by atoms with Crippen LogP contribution in [0.25, 0.3) is 0 Å². The molecule has 1 N–H and O–H groups in total.